The Hall–Kier alpha value is -2.96. The van der Waals surface area contributed by atoms with Crippen molar-refractivity contribution in [1.82, 2.24) is 15.2 Å². The van der Waals surface area contributed by atoms with Gasteiger partial charge in [0, 0.05) is 28.6 Å². The third kappa shape index (κ3) is 4.09. The van der Waals surface area contributed by atoms with Crippen molar-refractivity contribution >= 4 is 16.8 Å². The van der Waals surface area contributed by atoms with Gasteiger partial charge in [-0.2, -0.15) is 0 Å². The fraction of sp³-hybridized carbons (Fsp3) is 0.500. The molecule has 2 saturated heterocycles. The van der Waals surface area contributed by atoms with E-state index in [0.717, 1.165) is 25.2 Å². The molecule has 4 unspecified atom stereocenters. The number of aliphatic hydroxyl groups excluding tert-OH is 1. The van der Waals surface area contributed by atoms with Gasteiger partial charge < -0.3 is 15.4 Å². The van der Waals surface area contributed by atoms with Crippen LogP contribution >= 0.6 is 0 Å². The number of carbonyl (C=O) groups is 1. The third-order valence-electron chi connectivity index (χ3n) is 9.53. The average molecular weight is 514 g/mol. The van der Waals surface area contributed by atoms with Crippen LogP contribution in [0.3, 0.4) is 0 Å². The Labute approximate surface area is 224 Å². The van der Waals surface area contributed by atoms with Crippen LogP contribution in [0, 0.1) is 11.8 Å². The molecule has 6 nitrogen and oxygen atoms in total. The van der Waals surface area contributed by atoms with Crippen LogP contribution in [-0.4, -0.2) is 39.1 Å². The van der Waals surface area contributed by atoms with Crippen molar-refractivity contribution < 1.29 is 9.90 Å². The van der Waals surface area contributed by atoms with Crippen LogP contribution in [0.5, 0.6) is 0 Å². The SMILES string of the molecule is CCC(NC(=O)c1c(C(O)C(C)C)c2ccccc2[nH]c1=O)N1C2CC3CC1CC(c1ccccc1)(C3)C2. The van der Waals surface area contributed by atoms with Gasteiger partial charge in [0.15, 0.2) is 0 Å². The summed E-state index contributed by atoms with van der Waals surface area (Å²) >= 11 is 0. The number of fused-ring (bicyclic) bond motifs is 1. The van der Waals surface area contributed by atoms with Crippen LogP contribution in [-0.2, 0) is 5.41 Å². The van der Waals surface area contributed by atoms with E-state index in [1.165, 1.54) is 24.8 Å². The van der Waals surface area contributed by atoms with Crippen LogP contribution in [0.15, 0.2) is 59.4 Å². The van der Waals surface area contributed by atoms with Crippen molar-refractivity contribution in [2.75, 3.05) is 0 Å². The van der Waals surface area contributed by atoms with Crippen molar-refractivity contribution in [1.29, 1.82) is 0 Å². The summed E-state index contributed by atoms with van der Waals surface area (Å²) in [5.74, 6) is 0.189. The van der Waals surface area contributed by atoms with E-state index in [1.807, 2.05) is 38.1 Å². The number of aromatic nitrogens is 1. The molecule has 1 amide bonds. The molecule has 2 aliphatic heterocycles. The quantitative estimate of drug-likeness (QED) is 0.402. The molecule has 38 heavy (non-hydrogen) atoms. The zero-order valence-corrected chi connectivity index (χ0v) is 22.6. The van der Waals surface area contributed by atoms with Crippen molar-refractivity contribution in [3.05, 3.63) is 81.6 Å². The maximum atomic E-state index is 13.9. The van der Waals surface area contributed by atoms with E-state index >= 15 is 0 Å². The highest BCUT2D eigenvalue weighted by atomic mass is 16.3. The smallest absolute Gasteiger partial charge is 0.261 e. The minimum Gasteiger partial charge on any atom is -0.388 e. The van der Waals surface area contributed by atoms with Crippen molar-refractivity contribution in [2.45, 2.75) is 89.1 Å². The number of nitrogens with zero attached hydrogens (tertiary/aromatic N) is 1. The zero-order valence-electron chi connectivity index (χ0n) is 22.6. The number of hydrogen-bond acceptors (Lipinski definition) is 4. The Morgan fingerprint density at radius 3 is 2.37 bits per heavy atom. The minimum atomic E-state index is -0.921. The summed E-state index contributed by atoms with van der Waals surface area (Å²) in [7, 11) is 0. The van der Waals surface area contributed by atoms with Gasteiger partial charge in [-0.3, -0.25) is 14.5 Å². The normalized spacial score (nSPS) is 28.1. The van der Waals surface area contributed by atoms with Gasteiger partial charge in [-0.1, -0.05) is 69.3 Å². The summed E-state index contributed by atoms with van der Waals surface area (Å²) in [6, 6.07) is 19.2. The van der Waals surface area contributed by atoms with Crippen molar-refractivity contribution in [2.24, 2.45) is 11.8 Å². The summed E-state index contributed by atoms with van der Waals surface area (Å²) in [5.41, 5.74) is 2.34. The predicted molar refractivity (Wildman–Crippen MR) is 150 cm³/mol. The number of aliphatic hydroxyl groups is 1. The van der Waals surface area contributed by atoms with Gasteiger partial charge in [-0.15, -0.1) is 0 Å². The number of hydrogen-bond donors (Lipinski definition) is 3. The Morgan fingerprint density at radius 1 is 1.05 bits per heavy atom. The molecule has 3 heterocycles. The first-order valence-electron chi connectivity index (χ1n) is 14.3. The van der Waals surface area contributed by atoms with E-state index in [0.29, 0.717) is 28.6 Å². The van der Waals surface area contributed by atoms with E-state index < -0.39 is 17.6 Å². The van der Waals surface area contributed by atoms with E-state index in [4.69, 9.17) is 0 Å². The van der Waals surface area contributed by atoms with Crippen LogP contribution < -0.4 is 10.9 Å². The van der Waals surface area contributed by atoms with Gasteiger partial charge in [0.2, 0.25) is 0 Å². The molecule has 6 heteroatoms. The lowest BCUT2D eigenvalue weighted by Gasteiger charge is -2.63. The molecule has 0 spiro atoms. The molecule has 4 atom stereocenters. The highest BCUT2D eigenvalue weighted by Gasteiger charge is 2.56. The molecule has 4 fully saturated rings. The Balaban J connectivity index is 1.32. The van der Waals surface area contributed by atoms with E-state index in [2.05, 4.69) is 52.5 Å². The van der Waals surface area contributed by atoms with E-state index in [9.17, 15) is 14.7 Å². The Morgan fingerprint density at radius 2 is 1.71 bits per heavy atom. The van der Waals surface area contributed by atoms with E-state index in [-0.39, 0.29) is 23.1 Å². The number of piperidine rings is 2. The van der Waals surface area contributed by atoms with Crippen molar-refractivity contribution in [3.63, 3.8) is 0 Å². The third-order valence-corrected chi connectivity index (χ3v) is 9.53. The lowest BCUT2D eigenvalue weighted by atomic mass is 9.53. The molecule has 4 bridgehead atoms. The van der Waals surface area contributed by atoms with Crippen LogP contribution in [0.25, 0.3) is 10.9 Å². The maximum absolute atomic E-state index is 13.9. The van der Waals surface area contributed by atoms with Gasteiger partial charge in [-0.25, -0.2) is 0 Å². The number of aromatic amines is 1. The monoisotopic (exact) mass is 513 g/mol. The summed E-state index contributed by atoms with van der Waals surface area (Å²) in [5, 5.41) is 15.1. The minimum absolute atomic E-state index is 0.0362. The molecular formula is C32H39N3O3. The lowest BCUT2D eigenvalue weighted by molar-refractivity contribution is -0.101. The van der Waals surface area contributed by atoms with Crippen molar-refractivity contribution in [3.8, 4) is 0 Å². The second-order valence-electron chi connectivity index (χ2n) is 12.2. The summed E-state index contributed by atoms with van der Waals surface area (Å²) in [6.07, 6.45) is 5.53. The summed E-state index contributed by atoms with van der Waals surface area (Å²) in [4.78, 5) is 32.6. The number of benzene rings is 2. The molecule has 3 aromatic rings. The molecule has 2 aliphatic carbocycles. The van der Waals surface area contributed by atoms with Gasteiger partial charge in [0.1, 0.15) is 5.56 Å². The number of para-hydroxylation sites is 1. The topological polar surface area (TPSA) is 85.4 Å². The fourth-order valence-electron chi connectivity index (χ4n) is 8.06. The highest BCUT2D eigenvalue weighted by molar-refractivity contribution is 6.00. The second kappa shape index (κ2) is 9.65. The first-order valence-corrected chi connectivity index (χ1v) is 14.3. The molecule has 0 radical (unpaired) electrons. The molecule has 200 valence electrons. The predicted octanol–water partition coefficient (Wildman–Crippen LogP) is 5.27. The number of nitrogens with one attached hydrogen (secondary N) is 2. The summed E-state index contributed by atoms with van der Waals surface area (Å²) in [6.45, 7) is 5.91. The second-order valence-corrected chi connectivity index (χ2v) is 12.2. The van der Waals surface area contributed by atoms with Crippen LogP contribution in [0.4, 0.5) is 0 Å². The van der Waals surface area contributed by atoms with E-state index in [1.54, 1.807) is 0 Å². The molecule has 7 rings (SSSR count). The number of amides is 1. The first-order chi connectivity index (χ1) is 18.3. The highest BCUT2D eigenvalue weighted by Crippen LogP contribution is 2.57. The zero-order chi connectivity index (χ0) is 26.6. The van der Waals surface area contributed by atoms with Gasteiger partial charge in [0.05, 0.1) is 12.3 Å². The van der Waals surface area contributed by atoms with Crippen LogP contribution in [0.1, 0.15) is 86.9 Å². The average Bonchev–Trinajstić information content (AvgIpc) is 2.91. The van der Waals surface area contributed by atoms with Gasteiger partial charge in [0.25, 0.3) is 11.5 Å². The molecule has 3 N–H and O–H groups in total. The maximum Gasteiger partial charge on any atom is 0.261 e. The molecule has 2 aromatic carbocycles. The Kier molecular flexibility index (Phi) is 6.43. The molecule has 1 aromatic heterocycles. The van der Waals surface area contributed by atoms with Gasteiger partial charge in [-0.05, 0) is 67.4 Å². The number of rotatable bonds is 7. The number of carbonyl (C=O) groups excluding carboxylic acids is 1. The summed E-state index contributed by atoms with van der Waals surface area (Å²) < 4.78 is 0. The lowest BCUT2D eigenvalue weighted by Crippen LogP contribution is -2.68. The largest absolute Gasteiger partial charge is 0.388 e. The van der Waals surface area contributed by atoms with Crippen LogP contribution in [0.2, 0.25) is 0 Å². The fourth-order valence-corrected chi connectivity index (χ4v) is 8.06. The van der Waals surface area contributed by atoms with Gasteiger partial charge >= 0.3 is 0 Å². The number of H-pyrrole nitrogens is 1. The molecular weight excluding hydrogens is 474 g/mol. The Bertz CT molecular complexity index is 1380. The first kappa shape index (κ1) is 25.3. The standard InChI is InChI=1S/C32H39N3O3/c1-4-26(35-22-14-20-15-23(35)18-32(16-20,17-22)21-10-6-5-7-11-21)34-31(38)28-27(29(36)19(2)3)24-12-8-9-13-25(24)33-30(28)37/h5-13,19-20,22-23,26,29,36H,4,14-18H2,1-3H3,(H,33,37)(H,34,38). The molecule has 2 saturated carbocycles. The number of pyridine rings is 1. The molecule has 4 aliphatic rings.